The van der Waals surface area contributed by atoms with Crippen molar-refractivity contribution in [2.75, 3.05) is 18.1 Å². The lowest BCUT2D eigenvalue weighted by atomic mass is 10.0. The third-order valence-corrected chi connectivity index (χ3v) is 5.19. The highest BCUT2D eigenvalue weighted by Crippen LogP contribution is 2.31. The molecule has 0 atom stereocenters. The monoisotopic (exact) mass is 292 g/mol. The third-order valence-electron chi connectivity index (χ3n) is 3.11. The number of halogens is 2. The van der Waals surface area contributed by atoms with Crippen LogP contribution < -0.4 is 5.32 Å². The maximum absolute atomic E-state index is 6.07. The van der Waals surface area contributed by atoms with Crippen LogP contribution in [0, 0.1) is 0 Å². The lowest BCUT2D eigenvalue weighted by molar-refractivity contribution is 0.574. The molecule has 17 heavy (non-hydrogen) atoms. The highest BCUT2D eigenvalue weighted by molar-refractivity contribution is 8.00. The SMILES string of the molecule is CCC(CC)(CNc1ncc(Cl)cc1Cl)SC. The maximum atomic E-state index is 6.07. The van der Waals surface area contributed by atoms with Crippen LogP contribution in [-0.4, -0.2) is 22.5 Å². The molecule has 0 aliphatic heterocycles. The van der Waals surface area contributed by atoms with Crippen molar-refractivity contribution in [1.29, 1.82) is 0 Å². The first kappa shape index (κ1) is 14.9. The lowest BCUT2D eigenvalue weighted by Crippen LogP contribution is -2.32. The molecule has 0 aromatic carbocycles. The van der Waals surface area contributed by atoms with E-state index >= 15 is 0 Å². The molecule has 0 bridgehead atoms. The Bertz CT molecular complexity index is 359. The molecule has 5 heteroatoms. The Labute approximate surface area is 117 Å². The summed E-state index contributed by atoms with van der Waals surface area (Å²) in [7, 11) is 0. The molecule has 0 radical (unpaired) electrons. The zero-order valence-electron chi connectivity index (χ0n) is 10.4. The first-order valence-electron chi connectivity index (χ1n) is 5.67. The second-order valence-corrected chi connectivity index (χ2v) is 6.05. The molecule has 0 aliphatic carbocycles. The summed E-state index contributed by atoms with van der Waals surface area (Å²) in [6.45, 7) is 5.27. The lowest BCUT2D eigenvalue weighted by Gasteiger charge is -2.30. The number of rotatable bonds is 6. The van der Waals surface area contributed by atoms with E-state index in [9.17, 15) is 0 Å². The average molecular weight is 293 g/mol. The summed E-state index contributed by atoms with van der Waals surface area (Å²) in [6, 6.07) is 1.71. The molecule has 2 nitrogen and oxygen atoms in total. The van der Waals surface area contributed by atoms with Gasteiger partial charge in [-0.15, -0.1) is 0 Å². The van der Waals surface area contributed by atoms with Crippen LogP contribution >= 0.6 is 35.0 Å². The van der Waals surface area contributed by atoms with Crippen LogP contribution in [0.2, 0.25) is 10.0 Å². The summed E-state index contributed by atoms with van der Waals surface area (Å²) >= 11 is 13.8. The number of nitrogens with one attached hydrogen (secondary N) is 1. The van der Waals surface area contributed by atoms with Crippen molar-refractivity contribution < 1.29 is 0 Å². The van der Waals surface area contributed by atoms with Crippen molar-refractivity contribution in [2.24, 2.45) is 0 Å². The molecule has 0 fully saturated rings. The zero-order chi connectivity index (χ0) is 12.9. The average Bonchev–Trinajstić information content (AvgIpc) is 2.33. The molecule has 0 saturated carbocycles. The van der Waals surface area contributed by atoms with Gasteiger partial charge in [0, 0.05) is 17.5 Å². The molecular formula is C12H18Cl2N2S. The molecule has 0 saturated heterocycles. The largest absolute Gasteiger partial charge is 0.367 e. The van der Waals surface area contributed by atoms with Crippen LogP contribution in [0.5, 0.6) is 0 Å². The van der Waals surface area contributed by atoms with Crippen molar-refractivity contribution in [1.82, 2.24) is 4.98 Å². The van der Waals surface area contributed by atoms with E-state index in [1.807, 2.05) is 11.8 Å². The molecule has 1 aromatic rings. The van der Waals surface area contributed by atoms with Gasteiger partial charge in [0.05, 0.1) is 10.0 Å². The van der Waals surface area contributed by atoms with Crippen LogP contribution in [0.1, 0.15) is 26.7 Å². The fraction of sp³-hybridized carbons (Fsp3) is 0.583. The summed E-state index contributed by atoms with van der Waals surface area (Å²) in [5.74, 6) is 0.705. The molecular weight excluding hydrogens is 275 g/mol. The number of thioether (sulfide) groups is 1. The van der Waals surface area contributed by atoms with E-state index < -0.39 is 0 Å². The second-order valence-electron chi connectivity index (χ2n) is 3.93. The van der Waals surface area contributed by atoms with Gasteiger partial charge in [-0.05, 0) is 25.2 Å². The number of hydrogen-bond acceptors (Lipinski definition) is 3. The Balaban J connectivity index is 2.72. The predicted octanol–water partition coefficient (Wildman–Crippen LogP) is 4.72. The van der Waals surface area contributed by atoms with E-state index in [1.165, 1.54) is 0 Å². The molecule has 0 amide bonds. The first-order chi connectivity index (χ1) is 8.06. The van der Waals surface area contributed by atoms with Gasteiger partial charge in [-0.1, -0.05) is 37.0 Å². The Morgan fingerprint density at radius 3 is 2.47 bits per heavy atom. The van der Waals surface area contributed by atoms with Crippen molar-refractivity contribution in [3.8, 4) is 0 Å². The van der Waals surface area contributed by atoms with Gasteiger partial charge in [0.1, 0.15) is 5.82 Å². The zero-order valence-corrected chi connectivity index (χ0v) is 12.7. The molecule has 0 spiro atoms. The summed E-state index contributed by atoms with van der Waals surface area (Å²) in [5.41, 5.74) is 0. The summed E-state index contributed by atoms with van der Waals surface area (Å²) in [6.07, 6.45) is 5.98. The highest BCUT2D eigenvalue weighted by Gasteiger charge is 2.24. The summed E-state index contributed by atoms with van der Waals surface area (Å²) in [5, 5.41) is 4.44. The van der Waals surface area contributed by atoms with Crippen molar-refractivity contribution in [3.63, 3.8) is 0 Å². The fourth-order valence-electron chi connectivity index (χ4n) is 1.65. The normalized spacial score (nSPS) is 11.6. The van der Waals surface area contributed by atoms with Crippen LogP contribution in [0.25, 0.3) is 0 Å². The minimum Gasteiger partial charge on any atom is -0.367 e. The number of pyridine rings is 1. The Hall–Kier alpha value is -0.120. The van der Waals surface area contributed by atoms with E-state index in [1.54, 1.807) is 12.3 Å². The first-order valence-corrected chi connectivity index (χ1v) is 7.65. The molecule has 1 rings (SSSR count). The molecule has 96 valence electrons. The van der Waals surface area contributed by atoms with Crippen LogP contribution in [-0.2, 0) is 0 Å². The van der Waals surface area contributed by atoms with Crippen LogP contribution in [0.4, 0.5) is 5.82 Å². The summed E-state index contributed by atoms with van der Waals surface area (Å²) < 4.78 is 0.241. The van der Waals surface area contributed by atoms with Gasteiger partial charge in [0.15, 0.2) is 0 Å². The molecule has 1 aromatic heterocycles. The van der Waals surface area contributed by atoms with Gasteiger partial charge in [-0.25, -0.2) is 4.98 Å². The van der Waals surface area contributed by atoms with Crippen molar-refractivity contribution >= 4 is 40.8 Å². The minimum absolute atomic E-state index is 0.241. The molecule has 0 unspecified atom stereocenters. The van der Waals surface area contributed by atoms with Gasteiger partial charge in [0.2, 0.25) is 0 Å². The van der Waals surface area contributed by atoms with E-state index in [4.69, 9.17) is 23.2 Å². The summed E-state index contributed by atoms with van der Waals surface area (Å²) in [4.78, 5) is 4.20. The van der Waals surface area contributed by atoms with E-state index in [-0.39, 0.29) is 4.75 Å². The van der Waals surface area contributed by atoms with Gasteiger partial charge in [-0.3, -0.25) is 0 Å². The van der Waals surface area contributed by atoms with Crippen molar-refractivity contribution in [2.45, 2.75) is 31.4 Å². The van der Waals surface area contributed by atoms with E-state index in [0.29, 0.717) is 15.9 Å². The topological polar surface area (TPSA) is 24.9 Å². The predicted molar refractivity (Wildman–Crippen MR) is 79.6 cm³/mol. The fourth-order valence-corrected chi connectivity index (χ4v) is 2.89. The van der Waals surface area contributed by atoms with Gasteiger partial charge in [-0.2, -0.15) is 11.8 Å². The highest BCUT2D eigenvalue weighted by atomic mass is 35.5. The quantitative estimate of drug-likeness (QED) is 0.821. The molecule has 1 N–H and O–H groups in total. The Morgan fingerprint density at radius 2 is 2.00 bits per heavy atom. The number of nitrogens with zero attached hydrogens (tertiary/aromatic N) is 1. The molecule has 0 aliphatic rings. The Kier molecular flexibility index (Phi) is 5.90. The minimum atomic E-state index is 0.241. The maximum Gasteiger partial charge on any atom is 0.144 e. The van der Waals surface area contributed by atoms with Gasteiger partial charge < -0.3 is 5.32 Å². The Morgan fingerprint density at radius 1 is 1.35 bits per heavy atom. The van der Waals surface area contributed by atoms with E-state index in [2.05, 4.69) is 30.4 Å². The second kappa shape index (κ2) is 6.72. The third kappa shape index (κ3) is 3.94. The smallest absolute Gasteiger partial charge is 0.144 e. The van der Waals surface area contributed by atoms with Crippen LogP contribution in [0.15, 0.2) is 12.3 Å². The number of aromatic nitrogens is 1. The van der Waals surface area contributed by atoms with Gasteiger partial charge >= 0.3 is 0 Å². The molecule has 1 heterocycles. The van der Waals surface area contributed by atoms with Crippen molar-refractivity contribution in [3.05, 3.63) is 22.3 Å². The van der Waals surface area contributed by atoms with Gasteiger partial charge in [0.25, 0.3) is 0 Å². The number of anilines is 1. The van der Waals surface area contributed by atoms with Crippen LogP contribution in [0.3, 0.4) is 0 Å². The number of hydrogen-bond donors (Lipinski definition) is 1. The standard InChI is InChI=1S/C12H18Cl2N2S/c1-4-12(5-2,17-3)8-16-11-10(14)6-9(13)7-15-11/h6-7H,4-5,8H2,1-3H3,(H,15,16). The van der Waals surface area contributed by atoms with E-state index in [0.717, 1.165) is 19.4 Å².